The van der Waals surface area contributed by atoms with E-state index in [9.17, 15) is 14.0 Å². The fourth-order valence-electron chi connectivity index (χ4n) is 5.47. The standard InChI is InChI=1S/C30H43FN8O5/c1-30(2,3)44-29(41)38-12-10-37(11-13-38)28(40)39(20-18-32-33-19-20)27-21(8-6-14-43-27)26-34-23-16-22(31)25(17-24(23)35-26)42-15-7-9-36(4)5/h16-19,21,27H,6-15H2,1-5H3,(H,32,33)(H,34,35). The van der Waals surface area contributed by atoms with Crippen LogP contribution in [0.1, 0.15) is 51.8 Å². The lowest BCUT2D eigenvalue weighted by Crippen LogP contribution is -2.58. The molecule has 1 aromatic carbocycles. The highest BCUT2D eigenvalue weighted by atomic mass is 19.1. The number of benzene rings is 1. The largest absolute Gasteiger partial charge is 0.490 e. The van der Waals surface area contributed by atoms with Gasteiger partial charge in [0.1, 0.15) is 17.7 Å². The van der Waals surface area contributed by atoms with Gasteiger partial charge in [0, 0.05) is 57.7 Å². The number of carbonyl (C=O) groups is 2. The van der Waals surface area contributed by atoms with Gasteiger partial charge in [-0.15, -0.1) is 0 Å². The number of halogens is 1. The molecule has 0 bridgehead atoms. The number of nitrogens with zero attached hydrogens (tertiary/aromatic N) is 6. The van der Waals surface area contributed by atoms with E-state index in [-0.39, 0.29) is 17.7 Å². The quantitative estimate of drug-likeness (QED) is 0.362. The Bertz CT molecular complexity index is 1410. The molecule has 14 heteroatoms. The molecule has 4 heterocycles. The van der Waals surface area contributed by atoms with Crippen molar-refractivity contribution in [3.8, 4) is 5.75 Å². The third kappa shape index (κ3) is 7.41. The first kappa shape index (κ1) is 31.5. The van der Waals surface area contributed by atoms with Crippen LogP contribution in [0, 0.1) is 5.82 Å². The van der Waals surface area contributed by atoms with Crippen LogP contribution < -0.4 is 9.64 Å². The van der Waals surface area contributed by atoms with Crippen LogP contribution in [0.4, 0.5) is 19.7 Å². The molecule has 0 radical (unpaired) electrons. The molecule has 0 aliphatic carbocycles. The number of rotatable bonds is 8. The number of piperazine rings is 1. The van der Waals surface area contributed by atoms with Crippen molar-refractivity contribution in [3.05, 3.63) is 36.2 Å². The fraction of sp³-hybridized carbons (Fsp3) is 0.600. The van der Waals surface area contributed by atoms with Crippen LogP contribution >= 0.6 is 0 Å². The van der Waals surface area contributed by atoms with Crippen LogP contribution in [-0.4, -0.2) is 119 Å². The number of hydrogen-bond acceptors (Lipinski definition) is 8. The molecule has 3 amide bonds. The summed E-state index contributed by atoms with van der Waals surface area (Å²) < 4.78 is 32.4. The lowest BCUT2D eigenvalue weighted by atomic mass is 9.97. The topological polar surface area (TPSA) is 132 Å². The second kappa shape index (κ2) is 13.4. The van der Waals surface area contributed by atoms with Crippen LogP contribution in [0.2, 0.25) is 0 Å². The van der Waals surface area contributed by atoms with Gasteiger partial charge in [0.05, 0.1) is 35.4 Å². The third-order valence-electron chi connectivity index (χ3n) is 7.63. The number of H-pyrrole nitrogens is 2. The van der Waals surface area contributed by atoms with E-state index in [1.165, 1.54) is 6.07 Å². The summed E-state index contributed by atoms with van der Waals surface area (Å²) in [5.74, 6) is -0.0170. The first-order valence-corrected chi connectivity index (χ1v) is 15.1. The average molecular weight is 615 g/mol. The van der Waals surface area contributed by atoms with E-state index in [1.807, 2.05) is 39.8 Å². The Morgan fingerprint density at radius 1 is 1.16 bits per heavy atom. The molecule has 2 aliphatic heterocycles. The normalized spacial score (nSPS) is 19.4. The minimum Gasteiger partial charge on any atom is -0.490 e. The van der Waals surface area contributed by atoms with Gasteiger partial charge in [0.25, 0.3) is 0 Å². The number of urea groups is 1. The zero-order valence-corrected chi connectivity index (χ0v) is 26.1. The van der Waals surface area contributed by atoms with Crippen molar-refractivity contribution in [2.24, 2.45) is 0 Å². The molecule has 240 valence electrons. The van der Waals surface area contributed by atoms with E-state index in [0.717, 1.165) is 19.4 Å². The summed E-state index contributed by atoms with van der Waals surface area (Å²) >= 11 is 0. The van der Waals surface area contributed by atoms with Gasteiger partial charge < -0.3 is 33.9 Å². The van der Waals surface area contributed by atoms with E-state index in [2.05, 4.69) is 15.2 Å². The fourth-order valence-corrected chi connectivity index (χ4v) is 5.47. The van der Waals surface area contributed by atoms with Crippen LogP contribution in [-0.2, 0) is 9.47 Å². The summed E-state index contributed by atoms with van der Waals surface area (Å²) in [7, 11) is 3.96. The first-order chi connectivity index (χ1) is 21.0. The molecule has 13 nitrogen and oxygen atoms in total. The van der Waals surface area contributed by atoms with E-state index >= 15 is 0 Å². The summed E-state index contributed by atoms with van der Waals surface area (Å²) in [4.78, 5) is 41.7. The molecular formula is C30H43FN8O5. The van der Waals surface area contributed by atoms with Gasteiger partial charge in [-0.2, -0.15) is 5.10 Å². The van der Waals surface area contributed by atoms with Crippen LogP contribution in [0.15, 0.2) is 24.5 Å². The van der Waals surface area contributed by atoms with E-state index in [0.29, 0.717) is 68.4 Å². The van der Waals surface area contributed by atoms with Crippen LogP contribution in [0.3, 0.4) is 0 Å². The number of nitrogens with one attached hydrogen (secondary N) is 2. The van der Waals surface area contributed by atoms with Crippen molar-refractivity contribution in [3.63, 3.8) is 0 Å². The van der Waals surface area contributed by atoms with Crippen molar-refractivity contribution in [2.75, 3.05) is 64.9 Å². The maximum absolute atomic E-state index is 14.9. The Balaban J connectivity index is 1.35. The monoisotopic (exact) mass is 614 g/mol. The van der Waals surface area contributed by atoms with E-state index < -0.39 is 23.7 Å². The maximum atomic E-state index is 14.9. The van der Waals surface area contributed by atoms with Gasteiger partial charge in [-0.05, 0) is 54.1 Å². The molecule has 2 aliphatic rings. The number of aromatic amines is 2. The molecule has 3 aromatic rings. The molecule has 2 aromatic heterocycles. The molecule has 2 unspecified atom stereocenters. The number of aromatic nitrogens is 4. The number of carbonyl (C=O) groups excluding carboxylic acids is 2. The third-order valence-corrected chi connectivity index (χ3v) is 7.63. The van der Waals surface area contributed by atoms with Gasteiger partial charge in [-0.25, -0.2) is 19.0 Å². The molecule has 2 saturated heterocycles. The van der Waals surface area contributed by atoms with Gasteiger partial charge in [0.2, 0.25) is 0 Å². The molecule has 2 atom stereocenters. The average Bonchev–Trinajstić information content (AvgIpc) is 3.65. The highest BCUT2D eigenvalue weighted by Crippen LogP contribution is 2.36. The zero-order chi connectivity index (χ0) is 31.4. The molecule has 0 spiro atoms. The summed E-state index contributed by atoms with van der Waals surface area (Å²) in [6.07, 6.45) is 4.39. The first-order valence-electron chi connectivity index (χ1n) is 15.1. The van der Waals surface area contributed by atoms with Crippen molar-refractivity contribution in [2.45, 2.75) is 57.8 Å². The van der Waals surface area contributed by atoms with Crippen LogP contribution in [0.25, 0.3) is 11.0 Å². The van der Waals surface area contributed by atoms with Gasteiger partial charge in [-0.3, -0.25) is 10.00 Å². The lowest BCUT2D eigenvalue weighted by Gasteiger charge is -2.42. The zero-order valence-electron chi connectivity index (χ0n) is 26.1. The number of imidazole rings is 1. The highest BCUT2D eigenvalue weighted by Gasteiger charge is 2.41. The smallest absolute Gasteiger partial charge is 0.410 e. The van der Waals surface area contributed by atoms with Crippen molar-refractivity contribution in [1.29, 1.82) is 0 Å². The lowest BCUT2D eigenvalue weighted by molar-refractivity contribution is -0.00367. The number of hydrogen-bond donors (Lipinski definition) is 2. The molecule has 44 heavy (non-hydrogen) atoms. The minimum atomic E-state index is -0.690. The van der Waals surface area contributed by atoms with E-state index in [1.54, 1.807) is 33.2 Å². The van der Waals surface area contributed by atoms with Crippen molar-refractivity contribution in [1.82, 2.24) is 34.9 Å². The SMILES string of the molecule is CN(C)CCCOc1cc2nc(C3CCCOC3N(C(=O)N3CCN(C(=O)OC(C)(C)C)CC3)c3cn[nH]c3)[nH]c2cc1F. The van der Waals surface area contributed by atoms with Crippen molar-refractivity contribution < 1.29 is 28.2 Å². The molecule has 2 N–H and O–H groups in total. The van der Waals surface area contributed by atoms with Crippen LogP contribution in [0.5, 0.6) is 5.75 Å². The Morgan fingerprint density at radius 3 is 2.59 bits per heavy atom. The van der Waals surface area contributed by atoms with Gasteiger partial charge in [-0.1, -0.05) is 0 Å². The predicted octanol–water partition coefficient (Wildman–Crippen LogP) is 4.16. The summed E-state index contributed by atoms with van der Waals surface area (Å²) in [6.45, 7) is 8.56. The number of anilines is 1. The molecule has 5 rings (SSSR count). The summed E-state index contributed by atoms with van der Waals surface area (Å²) in [5.41, 5.74) is 1.07. The second-order valence-corrected chi connectivity index (χ2v) is 12.5. The minimum absolute atomic E-state index is 0.159. The number of ether oxygens (including phenoxy) is 3. The Morgan fingerprint density at radius 2 is 1.91 bits per heavy atom. The molecule has 2 fully saturated rings. The van der Waals surface area contributed by atoms with Crippen molar-refractivity contribution >= 4 is 28.8 Å². The highest BCUT2D eigenvalue weighted by molar-refractivity contribution is 5.92. The van der Waals surface area contributed by atoms with Gasteiger partial charge in [0.15, 0.2) is 11.6 Å². The second-order valence-electron chi connectivity index (χ2n) is 12.5. The Kier molecular flexibility index (Phi) is 9.59. The molecular weight excluding hydrogens is 571 g/mol. The van der Waals surface area contributed by atoms with Gasteiger partial charge >= 0.3 is 12.1 Å². The maximum Gasteiger partial charge on any atom is 0.410 e. The Hall–Kier alpha value is -3.91. The Labute approximate surface area is 256 Å². The molecule has 0 saturated carbocycles. The summed E-state index contributed by atoms with van der Waals surface area (Å²) in [6, 6.07) is 2.75. The predicted molar refractivity (Wildman–Crippen MR) is 162 cm³/mol. The number of fused-ring (bicyclic) bond motifs is 1. The summed E-state index contributed by atoms with van der Waals surface area (Å²) in [5, 5.41) is 6.88. The number of amides is 3. The van der Waals surface area contributed by atoms with E-state index in [4.69, 9.17) is 19.2 Å².